The van der Waals surface area contributed by atoms with Gasteiger partial charge in [0.1, 0.15) is 0 Å². The first-order chi connectivity index (χ1) is 4.30. The molecule has 0 unspecified atom stereocenters. The van der Waals surface area contributed by atoms with Crippen molar-refractivity contribution >= 4 is 5.69 Å². The zero-order valence-electron chi connectivity index (χ0n) is 5.00. The Morgan fingerprint density at radius 3 is 2.00 bits per heavy atom. The van der Waals surface area contributed by atoms with Gasteiger partial charge in [-0.05, 0) is 0 Å². The van der Waals surface area contributed by atoms with E-state index < -0.39 is 4.92 Å². The van der Waals surface area contributed by atoms with E-state index in [0.29, 0.717) is 0 Å². The second kappa shape index (κ2) is 4.66. The summed E-state index contributed by atoms with van der Waals surface area (Å²) >= 11 is 0. The Labute approximate surface area is 88.2 Å². The first kappa shape index (κ1) is 9.88. The molecule has 0 heterocycles. The molecule has 1 aromatic rings. The van der Waals surface area contributed by atoms with Gasteiger partial charge in [0.05, 0.1) is 4.92 Å². The summed E-state index contributed by atoms with van der Waals surface area (Å²) in [5.74, 6) is 0. The maximum atomic E-state index is 10.0. The molecule has 54 valence electrons. The fourth-order valence-electron chi connectivity index (χ4n) is 0.550. The number of nitrogens with zero attached hydrogens (tertiary/aromatic N) is 1. The summed E-state index contributed by atoms with van der Waals surface area (Å²) in [6, 6.07) is 7.93. The second-order valence-electron chi connectivity index (χ2n) is 1.59. The van der Waals surface area contributed by atoms with E-state index in [1.54, 1.807) is 18.2 Å². The van der Waals surface area contributed by atoms with Crippen LogP contribution in [-0.4, -0.2) is 4.92 Å². The number of hydrogen-bond donors (Lipinski definition) is 0. The van der Waals surface area contributed by atoms with Gasteiger partial charge >= 0.3 is 0 Å². The molecular formula is C6H5ArNO2. The summed E-state index contributed by atoms with van der Waals surface area (Å²) in [6.45, 7) is 0. The van der Waals surface area contributed by atoms with Gasteiger partial charge in [0.25, 0.3) is 5.69 Å². The second-order valence-corrected chi connectivity index (χ2v) is 1.59. The van der Waals surface area contributed by atoms with Gasteiger partial charge in [-0.25, -0.2) is 0 Å². The number of non-ortho nitro benzene ring substituents is 1. The fraction of sp³-hybridized carbons (Fsp3) is 0. The van der Waals surface area contributed by atoms with Crippen molar-refractivity contribution in [1.29, 1.82) is 0 Å². The van der Waals surface area contributed by atoms with E-state index in [9.17, 15) is 10.1 Å². The van der Waals surface area contributed by atoms with Crippen LogP contribution in [0, 0.1) is 47.9 Å². The van der Waals surface area contributed by atoms with E-state index in [4.69, 9.17) is 0 Å². The minimum Gasteiger partial charge on any atom is -0.258 e. The van der Waals surface area contributed by atoms with Crippen LogP contribution in [-0.2, 0) is 0 Å². The maximum absolute atomic E-state index is 10.0. The number of hydrogen-bond acceptors (Lipinski definition) is 2. The first-order valence-electron chi connectivity index (χ1n) is 2.50. The molecule has 10 heavy (non-hydrogen) atoms. The van der Waals surface area contributed by atoms with Crippen LogP contribution < -0.4 is 0 Å². The fourth-order valence-corrected chi connectivity index (χ4v) is 0.550. The molecule has 0 radical (unpaired) electrons. The average Bonchev–Trinajstić information content (AvgIpc) is 1.90. The van der Waals surface area contributed by atoms with Crippen molar-refractivity contribution in [3.63, 3.8) is 0 Å². The quantitative estimate of drug-likeness (QED) is 0.466. The summed E-state index contributed by atoms with van der Waals surface area (Å²) in [5.41, 5.74) is 0.137. The molecule has 0 aromatic heterocycles. The molecule has 1 rings (SSSR count). The van der Waals surface area contributed by atoms with Gasteiger partial charge in [-0.2, -0.15) is 0 Å². The monoisotopic (exact) mass is 163 g/mol. The van der Waals surface area contributed by atoms with Crippen LogP contribution in [0.1, 0.15) is 0 Å². The third-order valence-corrected chi connectivity index (χ3v) is 0.967. The largest absolute Gasteiger partial charge is 0.269 e. The Morgan fingerprint density at radius 2 is 1.70 bits per heavy atom. The van der Waals surface area contributed by atoms with Crippen LogP contribution in [0.3, 0.4) is 0 Å². The van der Waals surface area contributed by atoms with Gasteiger partial charge in [0.2, 0.25) is 0 Å². The van der Waals surface area contributed by atoms with E-state index in [-0.39, 0.29) is 43.4 Å². The third-order valence-electron chi connectivity index (χ3n) is 0.967. The van der Waals surface area contributed by atoms with Crippen molar-refractivity contribution < 1.29 is 42.7 Å². The third kappa shape index (κ3) is 2.64. The van der Waals surface area contributed by atoms with Crippen LogP contribution in [0.5, 0.6) is 0 Å². The van der Waals surface area contributed by atoms with Gasteiger partial charge in [-0.1, -0.05) is 18.2 Å². The Morgan fingerprint density at radius 1 is 1.20 bits per heavy atom. The molecule has 1 aromatic carbocycles. The molecule has 0 aliphatic rings. The standard InChI is InChI=1S/C6H5NO2.Ar/c8-7(9)6-4-2-1-3-5-6;/h1-5H;. The Bertz CT molecular complexity index is 212. The average molecular weight is 163 g/mol. The molecule has 0 saturated heterocycles. The summed E-state index contributed by atoms with van der Waals surface area (Å²) in [7, 11) is 0. The Balaban J connectivity index is 0.000000810. The van der Waals surface area contributed by atoms with Crippen LogP contribution in [0.2, 0.25) is 0 Å². The molecule has 0 aliphatic carbocycles. The van der Waals surface area contributed by atoms with Crippen molar-refractivity contribution in [2.75, 3.05) is 0 Å². The van der Waals surface area contributed by atoms with Gasteiger partial charge in [-0.15, -0.1) is 0 Å². The molecular weight excluding hydrogens is 158 g/mol. The van der Waals surface area contributed by atoms with Crippen molar-refractivity contribution in [3.8, 4) is 0 Å². The Hall–Kier alpha value is -0.120. The van der Waals surface area contributed by atoms with Gasteiger partial charge < -0.3 is 0 Å². The number of para-hydroxylation sites is 1. The molecule has 0 N–H and O–H groups in total. The van der Waals surface area contributed by atoms with Crippen LogP contribution in [0.15, 0.2) is 30.3 Å². The maximum Gasteiger partial charge on any atom is 0.269 e. The molecule has 0 spiro atoms. The van der Waals surface area contributed by atoms with Crippen LogP contribution in [0.25, 0.3) is 0 Å². The molecule has 4 heteroatoms. The van der Waals surface area contributed by atoms with Crippen molar-refractivity contribution in [2.45, 2.75) is 0 Å². The summed E-state index contributed by atoms with van der Waals surface area (Å²) in [4.78, 5) is 9.59. The minimum absolute atomic E-state index is 0. The zero-order chi connectivity index (χ0) is 6.69. The molecule has 0 saturated carbocycles. The van der Waals surface area contributed by atoms with Crippen molar-refractivity contribution in [1.82, 2.24) is 0 Å². The van der Waals surface area contributed by atoms with E-state index >= 15 is 0 Å². The van der Waals surface area contributed by atoms with E-state index in [2.05, 4.69) is 0 Å². The summed E-state index contributed by atoms with van der Waals surface area (Å²) < 4.78 is 0. The van der Waals surface area contributed by atoms with Crippen molar-refractivity contribution in [2.24, 2.45) is 0 Å². The Kier molecular flexibility index (Phi) is 4.60. The summed E-state index contributed by atoms with van der Waals surface area (Å²) in [5, 5.41) is 10.0. The van der Waals surface area contributed by atoms with Crippen LogP contribution >= 0.6 is 0 Å². The predicted molar refractivity (Wildman–Crippen MR) is 33.1 cm³/mol. The smallest absolute Gasteiger partial charge is 0.258 e. The number of nitro benzene ring substituents is 1. The number of rotatable bonds is 1. The van der Waals surface area contributed by atoms with Gasteiger partial charge in [-0.3, -0.25) is 10.1 Å². The van der Waals surface area contributed by atoms with Crippen molar-refractivity contribution in [3.05, 3.63) is 40.4 Å². The molecule has 0 atom stereocenters. The predicted octanol–water partition coefficient (Wildman–Crippen LogP) is 1.59. The van der Waals surface area contributed by atoms with E-state index in [0.717, 1.165) is 0 Å². The zero-order valence-corrected chi connectivity index (χ0v) is 5.71. The minimum atomic E-state index is -0.417. The van der Waals surface area contributed by atoms with E-state index in [1.807, 2.05) is 0 Å². The van der Waals surface area contributed by atoms with Gasteiger partial charge in [0, 0.05) is 49.9 Å². The molecule has 0 amide bonds. The number of benzene rings is 1. The molecule has 0 aliphatic heterocycles. The molecule has 0 bridgehead atoms. The first-order valence-corrected chi connectivity index (χ1v) is 2.50. The topological polar surface area (TPSA) is 43.1 Å². The van der Waals surface area contributed by atoms with Crippen LogP contribution in [0.4, 0.5) is 5.69 Å². The molecule has 3 nitrogen and oxygen atoms in total. The van der Waals surface area contributed by atoms with E-state index in [1.165, 1.54) is 12.1 Å². The normalized spacial score (nSPS) is 8.00. The molecule has 0 fully saturated rings. The summed E-state index contributed by atoms with van der Waals surface area (Å²) in [6.07, 6.45) is 0. The SMILES string of the molecule is O=[N+]([O-])c1ccccc1.[Ar]. The number of nitro groups is 1. The van der Waals surface area contributed by atoms with Gasteiger partial charge in [0.15, 0.2) is 0 Å².